The van der Waals surface area contributed by atoms with Gasteiger partial charge >= 0.3 is 0 Å². The van der Waals surface area contributed by atoms with Crippen molar-refractivity contribution in [2.45, 2.75) is 18.2 Å². The average molecular weight is 430 g/mol. The second-order valence-corrected chi connectivity index (χ2v) is 9.25. The molecule has 1 N–H and O–H groups in total. The first-order chi connectivity index (χ1) is 12.8. The molecule has 0 atom stereocenters. The third kappa shape index (κ3) is 4.32. The summed E-state index contributed by atoms with van der Waals surface area (Å²) in [6.45, 7) is 3.88. The summed E-state index contributed by atoms with van der Waals surface area (Å²) in [5.74, 6) is -0.0959. The van der Waals surface area contributed by atoms with Crippen LogP contribution in [-0.4, -0.2) is 56.1 Å². The highest BCUT2D eigenvalue weighted by Crippen LogP contribution is 2.29. The Balaban J connectivity index is 1.77. The Kier molecular flexibility index (Phi) is 6.15. The van der Waals surface area contributed by atoms with E-state index in [0.717, 1.165) is 5.70 Å². The summed E-state index contributed by atoms with van der Waals surface area (Å²) in [7, 11) is -3.62. The minimum absolute atomic E-state index is 0.0959. The van der Waals surface area contributed by atoms with E-state index in [0.29, 0.717) is 54.8 Å². The van der Waals surface area contributed by atoms with Crippen LogP contribution in [0.5, 0.6) is 0 Å². The molecule has 0 spiro atoms. The molecule has 1 aromatic carbocycles. The maximum Gasteiger partial charge on any atom is 0.243 e. The van der Waals surface area contributed by atoms with Crippen molar-refractivity contribution in [2.75, 3.05) is 32.7 Å². The fraction of sp³-hybridized carbons (Fsp3) is 0.389. The lowest BCUT2D eigenvalue weighted by Crippen LogP contribution is -2.36. The fourth-order valence-corrected chi connectivity index (χ4v) is 5.33. The summed E-state index contributed by atoms with van der Waals surface area (Å²) in [6.07, 6.45) is 2.37. The lowest BCUT2D eigenvalue weighted by Gasteiger charge is -2.29. The Morgan fingerprint density at radius 3 is 2.41 bits per heavy atom. The van der Waals surface area contributed by atoms with Crippen molar-refractivity contribution >= 4 is 39.0 Å². The van der Waals surface area contributed by atoms with Crippen LogP contribution in [0.4, 0.5) is 0 Å². The number of nitrogens with one attached hydrogen (secondary N) is 1. The van der Waals surface area contributed by atoms with Gasteiger partial charge in [0.1, 0.15) is 0 Å². The minimum atomic E-state index is -3.62. The molecule has 0 aromatic heterocycles. The first-order valence-corrected chi connectivity index (χ1v) is 10.8. The van der Waals surface area contributed by atoms with E-state index in [1.807, 2.05) is 4.90 Å². The van der Waals surface area contributed by atoms with Crippen LogP contribution >= 0.6 is 23.2 Å². The number of carbonyl (C=O) groups is 1. The summed E-state index contributed by atoms with van der Waals surface area (Å²) in [6, 6.07) is 6.06. The molecule has 1 aromatic rings. The van der Waals surface area contributed by atoms with Crippen LogP contribution in [0.1, 0.15) is 23.7 Å². The number of ketones is 1. The van der Waals surface area contributed by atoms with Gasteiger partial charge in [-0.05, 0) is 25.5 Å². The standard InChI is InChI=1S/C18H21Cl2N3O3S/c1-13(24)14-3-5-15(6-4-14)27(25,26)23-8-2-7-22(9-10-23)18-16(19)11-21-12-17(18)20/h3-6,11,21H,2,7-10,12H2,1H3. The van der Waals surface area contributed by atoms with Gasteiger partial charge in [-0.2, -0.15) is 4.31 Å². The second kappa shape index (κ2) is 8.22. The largest absolute Gasteiger partial charge is 0.385 e. The fourth-order valence-electron chi connectivity index (χ4n) is 3.20. The SMILES string of the molecule is CC(=O)c1ccc(S(=O)(=O)N2CCCN(C3=C(Cl)CNC=C3Cl)CC2)cc1. The monoisotopic (exact) mass is 429 g/mol. The average Bonchev–Trinajstić information content (AvgIpc) is 2.88. The summed E-state index contributed by atoms with van der Waals surface area (Å²) in [5.41, 5.74) is 1.26. The molecule has 2 aliphatic rings. The highest BCUT2D eigenvalue weighted by molar-refractivity contribution is 7.89. The number of rotatable bonds is 4. The van der Waals surface area contributed by atoms with Gasteiger partial charge in [0.15, 0.2) is 5.78 Å². The van der Waals surface area contributed by atoms with Gasteiger partial charge in [-0.3, -0.25) is 4.79 Å². The molecule has 2 aliphatic heterocycles. The molecule has 0 unspecified atom stereocenters. The molecule has 146 valence electrons. The third-order valence-corrected chi connectivity index (χ3v) is 7.15. The molecule has 0 aliphatic carbocycles. The van der Waals surface area contributed by atoms with Crippen LogP contribution in [0.15, 0.2) is 51.1 Å². The number of benzene rings is 1. The van der Waals surface area contributed by atoms with Crippen LogP contribution < -0.4 is 5.32 Å². The third-order valence-electron chi connectivity index (χ3n) is 4.64. The normalized spacial score (nSPS) is 19.4. The van der Waals surface area contributed by atoms with E-state index in [1.54, 1.807) is 18.3 Å². The zero-order valence-corrected chi connectivity index (χ0v) is 17.2. The predicted octanol–water partition coefficient (Wildman–Crippen LogP) is 2.72. The number of dihydropyridines is 1. The molecule has 9 heteroatoms. The molecule has 27 heavy (non-hydrogen) atoms. The van der Waals surface area contributed by atoms with Gasteiger partial charge in [-0.25, -0.2) is 8.42 Å². The number of hydrogen-bond donors (Lipinski definition) is 1. The Morgan fingerprint density at radius 1 is 1.07 bits per heavy atom. The summed E-state index contributed by atoms with van der Waals surface area (Å²) in [5, 5.41) is 4.15. The number of carbonyl (C=O) groups excluding carboxylic acids is 1. The van der Waals surface area contributed by atoms with Crippen molar-refractivity contribution in [3.63, 3.8) is 0 Å². The Hall–Kier alpha value is -1.54. The van der Waals surface area contributed by atoms with Crippen molar-refractivity contribution in [1.82, 2.24) is 14.5 Å². The smallest absolute Gasteiger partial charge is 0.243 e. The van der Waals surface area contributed by atoms with Crippen molar-refractivity contribution in [3.05, 3.63) is 51.8 Å². The number of nitrogens with zero attached hydrogens (tertiary/aromatic N) is 2. The lowest BCUT2D eigenvalue weighted by atomic mass is 10.2. The quantitative estimate of drug-likeness (QED) is 0.744. The van der Waals surface area contributed by atoms with E-state index in [2.05, 4.69) is 5.32 Å². The topological polar surface area (TPSA) is 69.7 Å². The van der Waals surface area contributed by atoms with Crippen LogP contribution in [0, 0.1) is 0 Å². The van der Waals surface area contributed by atoms with E-state index in [9.17, 15) is 13.2 Å². The van der Waals surface area contributed by atoms with Gasteiger partial charge in [0.25, 0.3) is 0 Å². The molecule has 6 nitrogen and oxygen atoms in total. The van der Waals surface area contributed by atoms with Gasteiger partial charge in [-0.1, -0.05) is 35.3 Å². The molecule has 0 amide bonds. The van der Waals surface area contributed by atoms with Gasteiger partial charge in [0.05, 0.1) is 27.2 Å². The van der Waals surface area contributed by atoms with E-state index < -0.39 is 10.0 Å². The van der Waals surface area contributed by atoms with Gasteiger partial charge in [0.2, 0.25) is 10.0 Å². The van der Waals surface area contributed by atoms with Gasteiger partial charge in [-0.15, -0.1) is 0 Å². The van der Waals surface area contributed by atoms with Crippen LogP contribution in [0.3, 0.4) is 0 Å². The molecular weight excluding hydrogens is 409 g/mol. The highest BCUT2D eigenvalue weighted by Gasteiger charge is 2.29. The van der Waals surface area contributed by atoms with E-state index in [4.69, 9.17) is 23.2 Å². The van der Waals surface area contributed by atoms with Crippen LogP contribution in [0.25, 0.3) is 0 Å². The molecule has 0 bridgehead atoms. The van der Waals surface area contributed by atoms with Crippen LogP contribution in [-0.2, 0) is 10.0 Å². The minimum Gasteiger partial charge on any atom is -0.385 e. The van der Waals surface area contributed by atoms with Crippen molar-refractivity contribution in [2.24, 2.45) is 0 Å². The second-order valence-electron chi connectivity index (χ2n) is 6.45. The molecular formula is C18H21Cl2N3O3S. The summed E-state index contributed by atoms with van der Waals surface area (Å²) >= 11 is 12.6. The zero-order chi connectivity index (χ0) is 19.6. The van der Waals surface area contributed by atoms with E-state index in [-0.39, 0.29) is 10.7 Å². The Bertz CT molecular complexity index is 895. The van der Waals surface area contributed by atoms with Crippen molar-refractivity contribution in [1.29, 1.82) is 0 Å². The summed E-state index contributed by atoms with van der Waals surface area (Å²) in [4.78, 5) is 13.6. The van der Waals surface area contributed by atoms with Crippen molar-refractivity contribution in [3.8, 4) is 0 Å². The summed E-state index contributed by atoms with van der Waals surface area (Å²) < 4.78 is 27.4. The molecule has 2 heterocycles. The van der Waals surface area contributed by atoms with Gasteiger partial charge < -0.3 is 10.2 Å². The first-order valence-electron chi connectivity index (χ1n) is 8.65. The maximum atomic E-state index is 13.0. The first kappa shape index (κ1) is 20.2. The van der Waals surface area contributed by atoms with E-state index in [1.165, 1.54) is 23.4 Å². The highest BCUT2D eigenvalue weighted by atomic mass is 35.5. The number of Topliss-reactive ketones (excluding diaryl/α,β-unsaturated/α-hetero) is 1. The number of hydrogen-bond acceptors (Lipinski definition) is 5. The molecule has 0 radical (unpaired) electrons. The Morgan fingerprint density at radius 2 is 1.78 bits per heavy atom. The predicted molar refractivity (Wildman–Crippen MR) is 106 cm³/mol. The van der Waals surface area contributed by atoms with E-state index >= 15 is 0 Å². The number of sulfonamides is 1. The number of halogens is 2. The van der Waals surface area contributed by atoms with Crippen LogP contribution in [0.2, 0.25) is 0 Å². The molecule has 1 fully saturated rings. The number of allylic oxidation sites excluding steroid dienone is 1. The molecule has 3 rings (SSSR count). The zero-order valence-electron chi connectivity index (χ0n) is 14.9. The van der Waals surface area contributed by atoms with Crippen molar-refractivity contribution < 1.29 is 13.2 Å². The Labute approximate surface area is 169 Å². The molecule has 0 saturated carbocycles. The maximum absolute atomic E-state index is 13.0. The lowest BCUT2D eigenvalue weighted by molar-refractivity contribution is 0.101. The molecule has 1 saturated heterocycles. The van der Waals surface area contributed by atoms with Gasteiger partial charge in [0, 0.05) is 37.9 Å².